The molecule has 90 valence electrons. The molecule has 0 fully saturated rings. The molecule has 0 N–H and O–H groups in total. The number of alkyl halides is 7. The zero-order valence-electron chi connectivity index (χ0n) is 6.95. The van der Waals surface area contributed by atoms with Gasteiger partial charge in [-0.25, -0.2) is 4.39 Å². The maximum atomic E-state index is 12.4. The molecule has 0 bridgehead atoms. The van der Waals surface area contributed by atoms with Crippen molar-refractivity contribution in [1.82, 2.24) is 0 Å². The number of rotatable bonds is 5. The van der Waals surface area contributed by atoms with Crippen LogP contribution in [0, 0.1) is 0 Å². The van der Waals surface area contributed by atoms with E-state index in [4.69, 9.17) is 23.2 Å². The van der Waals surface area contributed by atoms with E-state index in [-0.39, 0.29) is 0 Å². The monoisotopic (exact) mass is 274 g/mol. The molecule has 0 amide bonds. The molecule has 0 spiro atoms. The number of ether oxygens (including phenoxy) is 1. The van der Waals surface area contributed by atoms with Crippen LogP contribution < -0.4 is 0 Å². The molecule has 2 nitrogen and oxygen atoms in total. The van der Waals surface area contributed by atoms with Crippen molar-refractivity contribution in [2.75, 3.05) is 6.67 Å². The Kier molecular flexibility index (Phi) is 5.05. The van der Waals surface area contributed by atoms with Gasteiger partial charge in [-0.1, -0.05) is 0 Å². The Morgan fingerprint density at radius 3 is 2.07 bits per heavy atom. The Morgan fingerprint density at radius 1 is 1.27 bits per heavy atom. The average molecular weight is 275 g/mol. The highest BCUT2D eigenvalue weighted by Crippen LogP contribution is 2.36. The van der Waals surface area contributed by atoms with E-state index in [1.54, 1.807) is 0 Å². The first-order valence-electron chi connectivity index (χ1n) is 3.44. The molecule has 0 radical (unpaired) electrons. The minimum Gasteiger partial charge on any atom is -0.396 e. The maximum Gasteiger partial charge on any atom is 0.469 e. The molecule has 0 atom stereocenters. The normalized spacial score (nSPS) is 13.1. The summed E-state index contributed by atoms with van der Waals surface area (Å²) in [4.78, 5) is 9.14. The van der Waals surface area contributed by atoms with Gasteiger partial charge in [0.15, 0.2) is 6.67 Å². The van der Waals surface area contributed by atoms with E-state index in [9.17, 15) is 26.7 Å². The van der Waals surface area contributed by atoms with Crippen molar-refractivity contribution in [1.29, 1.82) is 0 Å². The Morgan fingerprint density at radius 2 is 1.73 bits per heavy atom. The Bertz CT molecular complexity index is 234. The molecule has 0 aliphatic rings. The number of halogens is 7. The Labute approximate surface area is 91.3 Å². The lowest BCUT2D eigenvalue weighted by Crippen LogP contribution is -2.46. The average Bonchev–Trinajstić information content (AvgIpc) is 2.00. The number of hydrogen-bond acceptors (Lipinski definition) is 2. The van der Waals surface area contributed by atoms with Crippen LogP contribution in [0.25, 0.3) is 0 Å². The molecule has 0 aromatic rings. The molecule has 0 saturated heterocycles. The zero-order valence-corrected chi connectivity index (χ0v) is 8.47. The molecule has 0 aromatic carbocycles. The van der Waals surface area contributed by atoms with E-state index < -0.39 is 35.9 Å². The maximum absolute atomic E-state index is 12.4. The fraction of sp³-hybridized carbons (Fsp3) is 0.833. The largest absolute Gasteiger partial charge is 0.469 e. The van der Waals surface area contributed by atoms with E-state index in [0.29, 0.717) is 0 Å². The summed E-state index contributed by atoms with van der Waals surface area (Å²) >= 11 is 10.0. The number of carbonyl (C=O) groups is 1. The first-order chi connectivity index (χ1) is 6.62. The smallest absolute Gasteiger partial charge is 0.396 e. The van der Waals surface area contributed by atoms with Crippen molar-refractivity contribution in [2.24, 2.45) is 0 Å². The van der Waals surface area contributed by atoms with E-state index in [2.05, 4.69) is 4.74 Å². The predicted molar refractivity (Wildman–Crippen MR) is 42.1 cm³/mol. The van der Waals surface area contributed by atoms with Gasteiger partial charge in [-0.3, -0.25) is 4.79 Å². The topological polar surface area (TPSA) is 26.3 Å². The molecule has 0 saturated carbocycles. The van der Waals surface area contributed by atoms with Gasteiger partial charge < -0.3 is 4.74 Å². The van der Waals surface area contributed by atoms with Gasteiger partial charge in [-0.15, -0.1) is 23.2 Å². The summed E-state index contributed by atoms with van der Waals surface area (Å²) in [5, 5.41) is 0. The summed E-state index contributed by atoms with van der Waals surface area (Å²) in [5.74, 6) is -6.82. The third-order valence-electron chi connectivity index (χ3n) is 1.16. The molecule has 15 heavy (non-hydrogen) atoms. The predicted octanol–water partition coefficient (Wildman–Crippen LogP) is 2.92. The van der Waals surface area contributed by atoms with Crippen LogP contribution in [0.3, 0.4) is 0 Å². The Balaban J connectivity index is 4.44. The first kappa shape index (κ1) is 14.7. The van der Waals surface area contributed by atoms with Crippen molar-refractivity contribution in [3.05, 3.63) is 0 Å². The molecular formula is C6H5Cl2F5O2. The lowest BCUT2D eigenvalue weighted by Gasteiger charge is -2.23. The van der Waals surface area contributed by atoms with Crippen molar-refractivity contribution in [3.8, 4) is 0 Å². The van der Waals surface area contributed by atoms with Crippen LogP contribution in [0.4, 0.5) is 22.0 Å². The highest BCUT2D eigenvalue weighted by Gasteiger charge is 2.60. The van der Waals surface area contributed by atoms with Gasteiger partial charge in [0, 0.05) is 0 Å². The molecule has 9 heteroatoms. The minimum atomic E-state index is -5.22. The summed E-state index contributed by atoms with van der Waals surface area (Å²) in [7, 11) is 0. The van der Waals surface area contributed by atoms with Crippen molar-refractivity contribution in [2.45, 2.75) is 23.3 Å². The lowest BCUT2D eigenvalue weighted by molar-refractivity contribution is -0.333. The van der Waals surface area contributed by atoms with Crippen LogP contribution >= 0.6 is 23.2 Å². The van der Waals surface area contributed by atoms with Gasteiger partial charge in [0.05, 0.1) is 6.42 Å². The van der Waals surface area contributed by atoms with Gasteiger partial charge in [0.1, 0.15) is 4.84 Å². The third kappa shape index (κ3) is 4.38. The third-order valence-corrected chi connectivity index (χ3v) is 1.47. The standard InChI is InChI=1S/C6H5Cl2F5O2/c7-3(8)1-4(14)15-6(12,13)5(10,11)2-9/h3H,1-2H2. The Hall–Kier alpha value is -0.300. The van der Waals surface area contributed by atoms with Crippen LogP contribution in [0.1, 0.15) is 6.42 Å². The molecule has 0 heterocycles. The van der Waals surface area contributed by atoms with Gasteiger partial charge in [0.2, 0.25) is 0 Å². The second-order valence-corrected chi connectivity index (χ2v) is 3.70. The molecule has 0 aliphatic carbocycles. The summed E-state index contributed by atoms with van der Waals surface area (Å²) in [6, 6.07) is 0. The minimum absolute atomic E-state index is 0.902. The number of esters is 1. The van der Waals surface area contributed by atoms with Crippen LogP contribution in [-0.2, 0) is 9.53 Å². The number of hydrogen-bond donors (Lipinski definition) is 0. The summed E-state index contributed by atoms with van der Waals surface area (Å²) in [5.41, 5.74) is 0. The van der Waals surface area contributed by atoms with Gasteiger partial charge in [-0.05, 0) is 0 Å². The van der Waals surface area contributed by atoms with Crippen molar-refractivity contribution >= 4 is 29.2 Å². The lowest BCUT2D eigenvalue weighted by atomic mass is 10.3. The molecular weight excluding hydrogens is 270 g/mol. The van der Waals surface area contributed by atoms with E-state index >= 15 is 0 Å². The molecule has 0 unspecified atom stereocenters. The van der Waals surface area contributed by atoms with Crippen molar-refractivity contribution < 1.29 is 31.5 Å². The van der Waals surface area contributed by atoms with Crippen LogP contribution in [-0.4, -0.2) is 29.5 Å². The van der Waals surface area contributed by atoms with Crippen LogP contribution in [0.2, 0.25) is 0 Å². The summed E-state index contributed by atoms with van der Waals surface area (Å²) in [6.45, 7) is -2.65. The number of carbonyl (C=O) groups excluding carboxylic acids is 1. The van der Waals surface area contributed by atoms with E-state index in [1.165, 1.54) is 0 Å². The molecule has 0 aliphatic heterocycles. The van der Waals surface area contributed by atoms with Crippen LogP contribution in [0.5, 0.6) is 0 Å². The van der Waals surface area contributed by atoms with E-state index in [1.807, 2.05) is 0 Å². The van der Waals surface area contributed by atoms with E-state index in [0.717, 1.165) is 0 Å². The summed E-state index contributed by atoms with van der Waals surface area (Å²) < 4.78 is 63.7. The first-order valence-corrected chi connectivity index (χ1v) is 4.31. The highest BCUT2D eigenvalue weighted by atomic mass is 35.5. The fourth-order valence-corrected chi connectivity index (χ4v) is 0.715. The van der Waals surface area contributed by atoms with Gasteiger partial charge in [0.25, 0.3) is 0 Å². The SMILES string of the molecule is O=C(CC(Cl)Cl)OC(F)(F)C(F)(F)CF. The second-order valence-electron chi connectivity index (χ2n) is 2.42. The van der Waals surface area contributed by atoms with Gasteiger partial charge >= 0.3 is 18.0 Å². The fourth-order valence-electron chi connectivity index (χ4n) is 0.463. The van der Waals surface area contributed by atoms with Gasteiger partial charge in [-0.2, -0.15) is 17.6 Å². The molecule has 0 aromatic heterocycles. The second kappa shape index (κ2) is 5.16. The molecule has 0 rings (SSSR count). The summed E-state index contributed by atoms with van der Waals surface area (Å²) in [6.07, 6.45) is -6.12. The quantitative estimate of drug-likeness (QED) is 0.438. The zero-order chi connectivity index (χ0) is 12.3. The highest BCUT2D eigenvalue weighted by molar-refractivity contribution is 6.45. The van der Waals surface area contributed by atoms with Crippen LogP contribution in [0.15, 0.2) is 0 Å². The van der Waals surface area contributed by atoms with Crippen molar-refractivity contribution in [3.63, 3.8) is 0 Å².